The largest absolute Gasteiger partial charge is 0.494 e. The lowest BCUT2D eigenvalue weighted by molar-refractivity contribution is -0.191. The molecule has 2 heterocycles. The number of anilines is 1. The first-order valence-corrected chi connectivity index (χ1v) is 8.59. The zero-order valence-corrected chi connectivity index (χ0v) is 15.6. The number of hydrogen-bond donors (Lipinski definition) is 0. The number of aromatic nitrogens is 2. The van der Waals surface area contributed by atoms with E-state index >= 15 is 0 Å². The topological polar surface area (TPSA) is 81.6 Å². The molecular formula is C19H22FN3O4. The van der Waals surface area contributed by atoms with Crippen molar-refractivity contribution in [1.82, 2.24) is 9.97 Å². The molecule has 0 amide bonds. The van der Waals surface area contributed by atoms with Gasteiger partial charge in [-0.1, -0.05) is 6.92 Å². The summed E-state index contributed by atoms with van der Waals surface area (Å²) in [5, 5.41) is 0. The lowest BCUT2D eigenvalue weighted by Gasteiger charge is -2.29. The molecule has 0 saturated carbocycles. The molecule has 1 aliphatic heterocycles. The van der Waals surface area contributed by atoms with E-state index in [0.717, 1.165) is 36.6 Å². The van der Waals surface area contributed by atoms with Crippen LogP contribution in [0.15, 0.2) is 18.2 Å². The lowest BCUT2D eigenvalue weighted by Crippen LogP contribution is -2.37. The number of nitrogens with zero attached hydrogens (tertiary/aromatic N) is 3. The number of hydrogen-bond acceptors (Lipinski definition) is 7. The standard InChI is InChI=1S/C18H22FN3O2.CO2/c1-4-15-12(2)18(22-7-9-24-10-8-22)21-17(20-15)13-5-6-16(23-3)14(19)11-13;2-1-3/h5-6,11H,4,7-10H2,1-3H3;. The predicted molar refractivity (Wildman–Crippen MR) is 96.1 cm³/mol. The van der Waals surface area contributed by atoms with Crippen LogP contribution in [-0.4, -0.2) is 49.5 Å². The number of aryl methyl sites for hydroxylation is 1. The van der Waals surface area contributed by atoms with E-state index in [1.165, 1.54) is 13.2 Å². The number of benzene rings is 1. The van der Waals surface area contributed by atoms with Crippen LogP contribution in [0, 0.1) is 12.7 Å². The van der Waals surface area contributed by atoms with Gasteiger partial charge in [0.1, 0.15) is 5.82 Å². The fourth-order valence-electron chi connectivity index (χ4n) is 2.91. The van der Waals surface area contributed by atoms with Gasteiger partial charge in [0, 0.05) is 29.9 Å². The highest BCUT2D eigenvalue weighted by Crippen LogP contribution is 2.28. The maximum absolute atomic E-state index is 14.0. The minimum atomic E-state index is -0.412. The molecule has 0 unspecified atom stereocenters. The van der Waals surface area contributed by atoms with Crippen LogP contribution in [-0.2, 0) is 20.7 Å². The Balaban J connectivity index is 0.000000817. The molecule has 1 aliphatic rings. The molecule has 1 aromatic carbocycles. The van der Waals surface area contributed by atoms with Gasteiger partial charge in [0.2, 0.25) is 0 Å². The Morgan fingerprint density at radius 1 is 1.26 bits per heavy atom. The van der Waals surface area contributed by atoms with Gasteiger partial charge in [0.25, 0.3) is 0 Å². The first-order valence-electron chi connectivity index (χ1n) is 8.59. The van der Waals surface area contributed by atoms with Crippen molar-refractivity contribution in [2.24, 2.45) is 0 Å². The van der Waals surface area contributed by atoms with E-state index in [1.54, 1.807) is 12.1 Å². The van der Waals surface area contributed by atoms with Crippen LogP contribution in [0.4, 0.5) is 10.2 Å². The van der Waals surface area contributed by atoms with E-state index in [-0.39, 0.29) is 11.9 Å². The highest BCUT2D eigenvalue weighted by molar-refractivity contribution is 5.61. The van der Waals surface area contributed by atoms with Crippen molar-refractivity contribution >= 4 is 12.0 Å². The summed E-state index contributed by atoms with van der Waals surface area (Å²) < 4.78 is 24.5. The Bertz CT molecular complexity index is 817. The minimum absolute atomic E-state index is 0.218. The van der Waals surface area contributed by atoms with Crippen molar-refractivity contribution in [3.8, 4) is 17.1 Å². The third-order valence-corrected chi connectivity index (χ3v) is 4.28. The highest BCUT2D eigenvalue weighted by atomic mass is 19.1. The van der Waals surface area contributed by atoms with Crippen molar-refractivity contribution in [2.75, 3.05) is 38.3 Å². The average molecular weight is 375 g/mol. The summed E-state index contributed by atoms with van der Waals surface area (Å²) >= 11 is 0. The summed E-state index contributed by atoms with van der Waals surface area (Å²) in [6.45, 7) is 7.10. The summed E-state index contributed by atoms with van der Waals surface area (Å²) in [5.41, 5.74) is 2.72. The minimum Gasteiger partial charge on any atom is -0.494 e. The summed E-state index contributed by atoms with van der Waals surface area (Å²) in [5.74, 6) is 1.26. The quantitative estimate of drug-likeness (QED) is 0.812. The molecular weight excluding hydrogens is 353 g/mol. The smallest absolute Gasteiger partial charge is 0.373 e. The first kappa shape index (κ1) is 20.5. The molecule has 27 heavy (non-hydrogen) atoms. The normalized spacial score (nSPS) is 13.4. The van der Waals surface area contributed by atoms with Gasteiger partial charge in [-0.15, -0.1) is 0 Å². The molecule has 3 rings (SSSR count). The van der Waals surface area contributed by atoms with E-state index in [1.807, 2.05) is 6.92 Å². The molecule has 1 aromatic heterocycles. The maximum Gasteiger partial charge on any atom is 0.373 e. The SMILES string of the molecule is CCc1nc(-c2ccc(OC)c(F)c2)nc(N2CCOCC2)c1C.O=C=O. The van der Waals surface area contributed by atoms with Crippen molar-refractivity contribution in [2.45, 2.75) is 20.3 Å². The van der Waals surface area contributed by atoms with Crippen LogP contribution in [0.2, 0.25) is 0 Å². The van der Waals surface area contributed by atoms with Crippen molar-refractivity contribution in [3.63, 3.8) is 0 Å². The molecule has 0 radical (unpaired) electrons. The molecule has 144 valence electrons. The first-order chi connectivity index (χ1) is 13.0. The molecule has 1 fully saturated rings. The fourth-order valence-corrected chi connectivity index (χ4v) is 2.91. The van der Waals surface area contributed by atoms with Crippen LogP contribution in [0.5, 0.6) is 5.75 Å². The second-order valence-electron chi connectivity index (χ2n) is 5.83. The number of ether oxygens (including phenoxy) is 2. The molecule has 7 nitrogen and oxygen atoms in total. The van der Waals surface area contributed by atoms with Gasteiger partial charge in [-0.05, 0) is 31.5 Å². The third-order valence-electron chi connectivity index (χ3n) is 4.28. The van der Waals surface area contributed by atoms with Crippen molar-refractivity contribution in [1.29, 1.82) is 0 Å². The summed E-state index contributed by atoms with van der Waals surface area (Å²) in [6.07, 6.45) is 1.05. The number of rotatable bonds is 4. The van der Waals surface area contributed by atoms with Gasteiger partial charge >= 0.3 is 6.15 Å². The average Bonchev–Trinajstić information content (AvgIpc) is 2.69. The van der Waals surface area contributed by atoms with Crippen LogP contribution in [0.1, 0.15) is 18.2 Å². The number of methoxy groups -OCH3 is 1. The van der Waals surface area contributed by atoms with Crippen LogP contribution < -0.4 is 9.64 Å². The Morgan fingerprint density at radius 2 is 1.93 bits per heavy atom. The Labute approximate surface area is 157 Å². The van der Waals surface area contributed by atoms with Gasteiger partial charge in [0.15, 0.2) is 17.4 Å². The van der Waals surface area contributed by atoms with Gasteiger partial charge in [0.05, 0.1) is 20.3 Å². The molecule has 0 atom stereocenters. The third kappa shape index (κ3) is 4.87. The van der Waals surface area contributed by atoms with Crippen LogP contribution in [0.3, 0.4) is 0 Å². The second-order valence-corrected chi connectivity index (χ2v) is 5.83. The summed E-state index contributed by atoms with van der Waals surface area (Å²) in [7, 11) is 1.45. The zero-order valence-electron chi connectivity index (χ0n) is 15.6. The molecule has 0 bridgehead atoms. The maximum atomic E-state index is 14.0. The molecule has 0 aliphatic carbocycles. The number of morpholine rings is 1. The van der Waals surface area contributed by atoms with Crippen LogP contribution >= 0.6 is 0 Å². The number of carbonyl (C=O) groups excluding carboxylic acids is 2. The Morgan fingerprint density at radius 3 is 2.48 bits per heavy atom. The molecule has 0 spiro atoms. The van der Waals surface area contributed by atoms with Crippen molar-refractivity contribution in [3.05, 3.63) is 35.3 Å². The monoisotopic (exact) mass is 375 g/mol. The van der Waals surface area contributed by atoms with E-state index in [0.29, 0.717) is 24.6 Å². The Hall–Kier alpha value is -2.83. The van der Waals surface area contributed by atoms with Crippen LogP contribution in [0.25, 0.3) is 11.4 Å². The Kier molecular flexibility index (Phi) is 7.40. The summed E-state index contributed by atoms with van der Waals surface area (Å²) in [4.78, 5) is 27.8. The van der Waals surface area contributed by atoms with Gasteiger partial charge < -0.3 is 14.4 Å². The van der Waals surface area contributed by atoms with E-state index in [4.69, 9.17) is 24.0 Å². The molecule has 1 saturated heterocycles. The van der Waals surface area contributed by atoms with Gasteiger partial charge in [-0.3, -0.25) is 0 Å². The number of halogens is 1. The van der Waals surface area contributed by atoms with E-state index in [9.17, 15) is 4.39 Å². The molecule has 8 heteroatoms. The highest BCUT2D eigenvalue weighted by Gasteiger charge is 2.19. The molecule has 0 N–H and O–H groups in total. The lowest BCUT2D eigenvalue weighted by atomic mass is 10.1. The fraction of sp³-hybridized carbons (Fsp3) is 0.421. The van der Waals surface area contributed by atoms with Gasteiger partial charge in [-0.2, -0.15) is 9.59 Å². The zero-order chi connectivity index (χ0) is 19.8. The predicted octanol–water partition coefficient (Wildman–Crippen LogP) is 2.42. The summed E-state index contributed by atoms with van der Waals surface area (Å²) in [6, 6.07) is 4.81. The van der Waals surface area contributed by atoms with Gasteiger partial charge in [-0.25, -0.2) is 14.4 Å². The van der Waals surface area contributed by atoms with E-state index in [2.05, 4.69) is 16.8 Å². The second kappa shape index (κ2) is 9.75. The van der Waals surface area contributed by atoms with Crippen molar-refractivity contribution < 1.29 is 23.5 Å². The van der Waals surface area contributed by atoms with E-state index < -0.39 is 5.82 Å². The molecule has 2 aromatic rings.